The Balaban J connectivity index is 2.36. The molecule has 1 fully saturated rings. The Morgan fingerprint density at radius 1 is 1.13 bits per heavy atom. The van der Waals surface area contributed by atoms with E-state index in [1.807, 2.05) is 41.5 Å². The number of carbonyl (C=O) groups excluding carboxylic acids is 1. The van der Waals surface area contributed by atoms with Gasteiger partial charge in [0.05, 0.1) is 6.04 Å². The summed E-state index contributed by atoms with van der Waals surface area (Å²) in [5.41, 5.74) is -0.462. The first-order chi connectivity index (χ1) is 10.4. The van der Waals surface area contributed by atoms with Crippen LogP contribution in [0.25, 0.3) is 0 Å². The van der Waals surface area contributed by atoms with Gasteiger partial charge in [0.15, 0.2) is 0 Å². The predicted octanol–water partition coefficient (Wildman–Crippen LogP) is 3.51. The summed E-state index contributed by atoms with van der Waals surface area (Å²) in [5.74, 6) is 0.498. The molecule has 1 saturated carbocycles. The first-order valence-electron chi connectivity index (χ1n) is 8.56. The van der Waals surface area contributed by atoms with E-state index in [0.717, 1.165) is 25.7 Å². The largest absolute Gasteiger partial charge is 0.598 e. The lowest BCUT2D eigenvalue weighted by atomic mass is 9.82. The first kappa shape index (κ1) is 20.6. The summed E-state index contributed by atoms with van der Waals surface area (Å²) in [6.07, 6.45) is 3.60. The average molecular weight is 347 g/mol. The van der Waals surface area contributed by atoms with Crippen LogP contribution in [0.1, 0.15) is 74.1 Å². The minimum atomic E-state index is -1.04. The molecule has 0 saturated heterocycles. The second-order valence-corrected chi connectivity index (χ2v) is 10.5. The van der Waals surface area contributed by atoms with Crippen molar-refractivity contribution in [3.8, 4) is 0 Å². The van der Waals surface area contributed by atoms with Crippen molar-refractivity contribution in [2.45, 2.75) is 96.6 Å². The molecule has 136 valence electrons. The van der Waals surface area contributed by atoms with Gasteiger partial charge in [-0.15, -0.1) is 4.72 Å². The molecule has 0 bridgehead atoms. The third-order valence-electron chi connectivity index (χ3n) is 4.05. The van der Waals surface area contributed by atoms with Crippen molar-refractivity contribution >= 4 is 17.5 Å². The Morgan fingerprint density at radius 3 is 2.09 bits per heavy atom. The van der Waals surface area contributed by atoms with E-state index in [0.29, 0.717) is 5.92 Å². The predicted molar refractivity (Wildman–Crippen MR) is 95.6 cm³/mol. The Bertz CT molecular complexity index is 382. The summed E-state index contributed by atoms with van der Waals surface area (Å²) in [5, 5.41) is 2.96. The molecule has 2 N–H and O–H groups in total. The molecule has 0 aromatic carbocycles. The van der Waals surface area contributed by atoms with Crippen LogP contribution >= 0.6 is 0 Å². The molecule has 5 nitrogen and oxygen atoms in total. The van der Waals surface area contributed by atoms with Gasteiger partial charge in [-0.3, -0.25) is 0 Å². The molecular formula is C17H34N2O3S. The summed E-state index contributed by atoms with van der Waals surface area (Å²) in [4.78, 5) is 11.8. The fourth-order valence-electron chi connectivity index (χ4n) is 2.68. The number of ether oxygens (including phenoxy) is 1. The molecular weight excluding hydrogens is 312 g/mol. The van der Waals surface area contributed by atoms with Gasteiger partial charge < -0.3 is 14.6 Å². The molecule has 0 aromatic rings. The van der Waals surface area contributed by atoms with Gasteiger partial charge in [0, 0.05) is 17.4 Å². The minimum absolute atomic E-state index is 0.182. The van der Waals surface area contributed by atoms with Gasteiger partial charge >= 0.3 is 6.09 Å². The second-order valence-electron chi connectivity index (χ2n) is 8.55. The lowest BCUT2D eigenvalue weighted by molar-refractivity contribution is 0.0485. The van der Waals surface area contributed by atoms with Gasteiger partial charge in [0.1, 0.15) is 10.3 Å². The van der Waals surface area contributed by atoms with Gasteiger partial charge in [-0.25, -0.2) is 4.79 Å². The SMILES string of the molecule is C[C@H](N[S+]([O-])C(C)(C)C)C1CCC(NC(=O)OC(C)(C)C)CC1. The highest BCUT2D eigenvalue weighted by atomic mass is 32.2. The number of amides is 1. The Labute approximate surface area is 144 Å². The van der Waals surface area contributed by atoms with E-state index in [4.69, 9.17) is 4.74 Å². The molecule has 1 aliphatic rings. The van der Waals surface area contributed by atoms with Crippen LogP contribution in [0.15, 0.2) is 0 Å². The van der Waals surface area contributed by atoms with E-state index in [9.17, 15) is 9.35 Å². The molecule has 0 heterocycles. The van der Waals surface area contributed by atoms with Crippen molar-refractivity contribution in [3.63, 3.8) is 0 Å². The number of alkyl carbamates (subject to hydrolysis) is 1. The molecule has 23 heavy (non-hydrogen) atoms. The topological polar surface area (TPSA) is 73.4 Å². The van der Waals surface area contributed by atoms with E-state index in [-0.39, 0.29) is 22.9 Å². The highest BCUT2D eigenvalue weighted by molar-refractivity contribution is 7.90. The summed E-state index contributed by atoms with van der Waals surface area (Å²) in [6, 6.07) is 0.402. The van der Waals surface area contributed by atoms with E-state index >= 15 is 0 Å². The van der Waals surface area contributed by atoms with Gasteiger partial charge in [-0.2, -0.15) is 0 Å². The molecule has 1 unspecified atom stereocenters. The Hall–Kier alpha value is -0.460. The second kappa shape index (κ2) is 8.08. The van der Waals surface area contributed by atoms with Gasteiger partial charge in [0.25, 0.3) is 0 Å². The Morgan fingerprint density at radius 2 is 1.65 bits per heavy atom. The van der Waals surface area contributed by atoms with Gasteiger partial charge in [0.2, 0.25) is 0 Å². The van der Waals surface area contributed by atoms with Crippen LogP contribution in [0.4, 0.5) is 4.79 Å². The van der Waals surface area contributed by atoms with Crippen LogP contribution < -0.4 is 10.0 Å². The zero-order valence-corrected chi connectivity index (χ0v) is 16.5. The minimum Gasteiger partial charge on any atom is -0.598 e. The molecule has 1 amide bonds. The lowest BCUT2D eigenvalue weighted by Gasteiger charge is -2.34. The van der Waals surface area contributed by atoms with Crippen LogP contribution in [-0.2, 0) is 16.1 Å². The van der Waals surface area contributed by atoms with Crippen LogP contribution in [0.2, 0.25) is 0 Å². The lowest BCUT2D eigenvalue weighted by Crippen LogP contribution is -2.48. The standard InChI is InChI=1S/C17H34N2O3S/c1-12(19-23(21)17(5,6)7)13-8-10-14(11-9-13)18-15(20)22-16(2,3)4/h12-14,19H,8-11H2,1-7H3,(H,18,20)/t12-,13?,14?,23?/m0/s1. The fourth-order valence-corrected chi connectivity index (χ4v) is 3.56. The number of carbonyl (C=O) groups is 1. The zero-order chi connectivity index (χ0) is 17.8. The van der Waals surface area contributed by atoms with E-state index < -0.39 is 17.0 Å². The van der Waals surface area contributed by atoms with Crippen molar-refractivity contribution in [2.24, 2.45) is 5.92 Å². The molecule has 0 aromatic heterocycles. The fraction of sp³-hybridized carbons (Fsp3) is 0.941. The highest BCUT2D eigenvalue weighted by Crippen LogP contribution is 2.28. The molecule has 0 aliphatic heterocycles. The van der Waals surface area contributed by atoms with Crippen LogP contribution in [0.3, 0.4) is 0 Å². The number of hydrogen-bond donors (Lipinski definition) is 2. The molecule has 1 rings (SSSR count). The van der Waals surface area contributed by atoms with Gasteiger partial charge in [-0.1, -0.05) is 0 Å². The van der Waals surface area contributed by atoms with Crippen molar-refractivity contribution < 1.29 is 14.1 Å². The number of rotatable bonds is 4. The van der Waals surface area contributed by atoms with Crippen molar-refractivity contribution in [2.75, 3.05) is 0 Å². The Kier molecular flexibility index (Phi) is 7.23. The van der Waals surface area contributed by atoms with Crippen LogP contribution in [-0.4, -0.2) is 33.1 Å². The van der Waals surface area contributed by atoms with Crippen LogP contribution in [0.5, 0.6) is 0 Å². The first-order valence-corrected chi connectivity index (χ1v) is 9.71. The summed E-state index contributed by atoms with van der Waals surface area (Å²) >= 11 is -1.04. The monoisotopic (exact) mass is 346 g/mol. The average Bonchev–Trinajstić information content (AvgIpc) is 2.35. The molecule has 1 aliphatic carbocycles. The number of hydrogen-bond acceptors (Lipinski definition) is 4. The quantitative estimate of drug-likeness (QED) is 0.764. The third kappa shape index (κ3) is 7.77. The van der Waals surface area contributed by atoms with E-state index in [1.54, 1.807) is 0 Å². The third-order valence-corrected chi connectivity index (χ3v) is 5.75. The van der Waals surface area contributed by atoms with Crippen molar-refractivity contribution in [1.82, 2.24) is 10.0 Å². The van der Waals surface area contributed by atoms with Crippen molar-refractivity contribution in [1.29, 1.82) is 0 Å². The number of nitrogens with one attached hydrogen (secondary N) is 2. The molecule has 2 atom stereocenters. The van der Waals surface area contributed by atoms with E-state index in [1.165, 1.54) is 0 Å². The molecule has 0 spiro atoms. The smallest absolute Gasteiger partial charge is 0.407 e. The maximum atomic E-state index is 12.2. The van der Waals surface area contributed by atoms with Gasteiger partial charge in [-0.05, 0) is 80.1 Å². The summed E-state index contributed by atoms with van der Waals surface area (Å²) < 4.78 is 20.5. The van der Waals surface area contributed by atoms with Crippen molar-refractivity contribution in [3.05, 3.63) is 0 Å². The molecule has 6 heteroatoms. The maximum Gasteiger partial charge on any atom is 0.407 e. The summed E-state index contributed by atoms with van der Waals surface area (Å²) in [6.45, 7) is 13.6. The summed E-state index contributed by atoms with van der Waals surface area (Å²) in [7, 11) is 0. The van der Waals surface area contributed by atoms with Crippen LogP contribution in [0, 0.1) is 5.92 Å². The highest BCUT2D eigenvalue weighted by Gasteiger charge is 2.33. The zero-order valence-electron chi connectivity index (χ0n) is 15.7. The normalized spacial score (nSPS) is 25.6. The molecule has 0 radical (unpaired) electrons. The maximum absolute atomic E-state index is 12.2. The van der Waals surface area contributed by atoms with E-state index in [2.05, 4.69) is 17.0 Å².